The lowest BCUT2D eigenvalue weighted by Gasteiger charge is -2.52. The molecule has 19 heavy (non-hydrogen) atoms. The number of allylic oxidation sites excluding steroid dienone is 1. The molecule has 1 saturated carbocycles. The Balaban J connectivity index is 1.95. The van der Waals surface area contributed by atoms with E-state index in [1.54, 1.807) is 0 Å². The fraction of sp³-hybridized carbons (Fsp3) is 0.812. The Bertz CT molecular complexity index is 418. The van der Waals surface area contributed by atoms with Crippen LogP contribution >= 0.6 is 0 Å². The van der Waals surface area contributed by atoms with E-state index in [1.165, 1.54) is 19.3 Å². The molecule has 0 aromatic carbocycles. The second-order valence-corrected chi connectivity index (χ2v) is 7.20. The molecular formula is C16H24O3. The number of carbonyl (C=O) groups excluding carboxylic acids is 1. The van der Waals surface area contributed by atoms with Gasteiger partial charge in [-0.25, -0.2) is 0 Å². The molecule has 1 saturated heterocycles. The first kappa shape index (κ1) is 13.3. The smallest absolute Gasteiger partial charge is 0.187 e. The van der Waals surface area contributed by atoms with Crippen LogP contribution in [0.3, 0.4) is 0 Å². The summed E-state index contributed by atoms with van der Waals surface area (Å²) in [5.41, 5.74) is 1.15. The van der Waals surface area contributed by atoms with E-state index in [0.717, 1.165) is 5.57 Å². The fourth-order valence-electron chi connectivity index (χ4n) is 4.32. The van der Waals surface area contributed by atoms with Gasteiger partial charge in [-0.2, -0.15) is 0 Å². The number of hydrogen-bond donors (Lipinski definition) is 0. The maximum Gasteiger partial charge on any atom is 0.187 e. The molecule has 0 spiro atoms. The molecule has 1 aliphatic heterocycles. The van der Waals surface area contributed by atoms with E-state index in [0.29, 0.717) is 25.6 Å². The Morgan fingerprint density at radius 1 is 1.16 bits per heavy atom. The van der Waals surface area contributed by atoms with Crippen molar-refractivity contribution in [3.63, 3.8) is 0 Å². The van der Waals surface area contributed by atoms with Crippen molar-refractivity contribution in [2.24, 2.45) is 16.7 Å². The van der Waals surface area contributed by atoms with E-state index < -0.39 is 6.29 Å². The average Bonchev–Trinajstić information content (AvgIpc) is 2.84. The van der Waals surface area contributed by atoms with Crippen molar-refractivity contribution in [2.75, 3.05) is 13.2 Å². The lowest BCUT2D eigenvalue weighted by Crippen LogP contribution is -2.46. The summed E-state index contributed by atoms with van der Waals surface area (Å²) in [6.45, 7) is 8.12. The predicted octanol–water partition coefficient (Wildman–Crippen LogP) is 3.09. The van der Waals surface area contributed by atoms with Crippen LogP contribution in [0.5, 0.6) is 0 Å². The molecule has 0 aromatic rings. The second-order valence-electron chi connectivity index (χ2n) is 7.20. The van der Waals surface area contributed by atoms with Crippen LogP contribution in [0.4, 0.5) is 0 Å². The third-order valence-corrected chi connectivity index (χ3v) is 5.35. The zero-order valence-corrected chi connectivity index (χ0v) is 12.2. The van der Waals surface area contributed by atoms with Crippen molar-refractivity contribution >= 4 is 5.78 Å². The molecule has 106 valence electrons. The summed E-state index contributed by atoms with van der Waals surface area (Å²) >= 11 is 0. The van der Waals surface area contributed by atoms with Gasteiger partial charge in [0.1, 0.15) is 0 Å². The molecule has 3 rings (SSSR count). The lowest BCUT2D eigenvalue weighted by molar-refractivity contribution is -0.125. The number of rotatable bonds is 1. The van der Waals surface area contributed by atoms with Gasteiger partial charge in [0.2, 0.25) is 0 Å². The minimum absolute atomic E-state index is 0.125. The molecule has 2 fully saturated rings. The van der Waals surface area contributed by atoms with Crippen molar-refractivity contribution < 1.29 is 14.3 Å². The Hall–Kier alpha value is -0.670. The van der Waals surface area contributed by atoms with E-state index in [9.17, 15) is 4.79 Å². The summed E-state index contributed by atoms with van der Waals surface area (Å²) in [7, 11) is 0. The molecule has 3 heteroatoms. The van der Waals surface area contributed by atoms with Crippen LogP contribution in [0, 0.1) is 16.7 Å². The zero-order valence-electron chi connectivity index (χ0n) is 12.2. The van der Waals surface area contributed by atoms with E-state index in [1.807, 2.05) is 0 Å². The van der Waals surface area contributed by atoms with Crippen molar-refractivity contribution in [1.29, 1.82) is 0 Å². The van der Waals surface area contributed by atoms with Gasteiger partial charge in [0.15, 0.2) is 12.1 Å². The maximum absolute atomic E-state index is 12.4. The van der Waals surface area contributed by atoms with Gasteiger partial charge in [-0.05, 0) is 29.6 Å². The van der Waals surface area contributed by atoms with Gasteiger partial charge in [0, 0.05) is 12.0 Å². The molecule has 0 N–H and O–H groups in total. The van der Waals surface area contributed by atoms with Crippen LogP contribution in [0.25, 0.3) is 0 Å². The van der Waals surface area contributed by atoms with Crippen molar-refractivity contribution in [1.82, 2.24) is 0 Å². The van der Waals surface area contributed by atoms with Crippen molar-refractivity contribution in [2.45, 2.75) is 52.7 Å². The highest BCUT2D eigenvalue weighted by molar-refractivity contribution is 5.97. The number of ketones is 1. The minimum Gasteiger partial charge on any atom is -0.346 e. The monoisotopic (exact) mass is 264 g/mol. The quantitative estimate of drug-likeness (QED) is 0.730. The van der Waals surface area contributed by atoms with E-state index in [4.69, 9.17) is 9.47 Å². The van der Waals surface area contributed by atoms with Crippen LogP contribution in [-0.2, 0) is 14.3 Å². The van der Waals surface area contributed by atoms with E-state index in [-0.39, 0.29) is 16.6 Å². The molecule has 0 unspecified atom stereocenters. The van der Waals surface area contributed by atoms with Gasteiger partial charge >= 0.3 is 0 Å². The summed E-state index contributed by atoms with van der Waals surface area (Å²) in [6, 6.07) is 0. The number of hydrogen-bond acceptors (Lipinski definition) is 3. The van der Waals surface area contributed by atoms with Gasteiger partial charge in [-0.1, -0.05) is 33.3 Å². The average molecular weight is 264 g/mol. The first-order valence-corrected chi connectivity index (χ1v) is 7.42. The molecule has 3 nitrogen and oxygen atoms in total. The fourth-order valence-corrected chi connectivity index (χ4v) is 4.32. The molecule has 0 radical (unpaired) electrons. The van der Waals surface area contributed by atoms with Gasteiger partial charge in [0.05, 0.1) is 13.2 Å². The molecule has 0 amide bonds. The van der Waals surface area contributed by atoms with E-state index in [2.05, 4.69) is 26.8 Å². The molecule has 0 aromatic heterocycles. The number of carbonyl (C=O) groups is 1. The maximum atomic E-state index is 12.4. The number of ether oxygens (including phenoxy) is 2. The SMILES string of the molecule is CC1(C)CCC[C@@]2(C)C=C(C3OCCO3)C(=O)C[C@H]12. The Morgan fingerprint density at radius 3 is 2.53 bits per heavy atom. The van der Waals surface area contributed by atoms with Gasteiger partial charge < -0.3 is 9.47 Å². The highest BCUT2D eigenvalue weighted by Crippen LogP contribution is 2.56. The van der Waals surface area contributed by atoms with Crippen LogP contribution in [0.15, 0.2) is 11.6 Å². The van der Waals surface area contributed by atoms with Crippen molar-refractivity contribution in [3.05, 3.63) is 11.6 Å². The molecule has 0 bridgehead atoms. The summed E-state index contributed by atoms with van der Waals surface area (Å²) < 4.78 is 11.1. The number of fused-ring (bicyclic) bond motifs is 1. The molecule has 2 atom stereocenters. The van der Waals surface area contributed by atoms with Gasteiger partial charge in [-0.3, -0.25) is 4.79 Å². The second kappa shape index (κ2) is 4.42. The largest absolute Gasteiger partial charge is 0.346 e. The summed E-state index contributed by atoms with van der Waals surface area (Å²) in [5, 5.41) is 0. The molecule has 1 heterocycles. The molecular weight excluding hydrogens is 240 g/mol. The predicted molar refractivity (Wildman–Crippen MR) is 72.6 cm³/mol. The Morgan fingerprint density at radius 2 is 1.84 bits per heavy atom. The first-order valence-electron chi connectivity index (χ1n) is 7.42. The topological polar surface area (TPSA) is 35.5 Å². The lowest BCUT2D eigenvalue weighted by atomic mass is 9.53. The minimum atomic E-state index is -0.407. The summed E-state index contributed by atoms with van der Waals surface area (Å²) in [6.07, 6.45) is 6.06. The summed E-state index contributed by atoms with van der Waals surface area (Å²) in [5.74, 6) is 0.677. The third kappa shape index (κ3) is 2.17. The Kier molecular flexibility index (Phi) is 3.10. The summed E-state index contributed by atoms with van der Waals surface area (Å²) in [4.78, 5) is 12.4. The van der Waals surface area contributed by atoms with Crippen LogP contribution in [0.1, 0.15) is 46.5 Å². The number of Topliss-reactive ketones (excluding diaryl/α,β-unsaturated/α-hetero) is 1. The van der Waals surface area contributed by atoms with Gasteiger partial charge in [0.25, 0.3) is 0 Å². The standard InChI is InChI=1S/C16H24O3/c1-15(2)5-4-6-16(3)10-11(12(17)9-13(15)16)14-18-7-8-19-14/h10,13-14H,4-9H2,1-3H3/t13-,16+/m1/s1. The highest BCUT2D eigenvalue weighted by atomic mass is 16.7. The van der Waals surface area contributed by atoms with Crippen LogP contribution < -0.4 is 0 Å². The normalized spacial score (nSPS) is 39.0. The highest BCUT2D eigenvalue weighted by Gasteiger charge is 2.50. The van der Waals surface area contributed by atoms with Crippen LogP contribution in [-0.4, -0.2) is 25.3 Å². The van der Waals surface area contributed by atoms with Crippen molar-refractivity contribution in [3.8, 4) is 0 Å². The Labute approximate surface area is 115 Å². The zero-order chi connectivity index (χ0) is 13.7. The third-order valence-electron chi connectivity index (χ3n) is 5.35. The van der Waals surface area contributed by atoms with Gasteiger partial charge in [-0.15, -0.1) is 0 Å². The van der Waals surface area contributed by atoms with E-state index >= 15 is 0 Å². The molecule has 3 aliphatic rings. The van der Waals surface area contributed by atoms with Crippen LogP contribution in [0.2, 0.25) is 0 Å². The first-order chi connectivity index (χ1) is 8.92. The molecule has 2 aliphatic carbocycles.